The molecule has 2 aromatic carbocycles. The Bertz CT molecular complexity index is 1150. The molecule has 31 heavy (non-hydrogen) atoms. The van der Waals surface area contributed by atoms with Gasteiger partial charge in [-0.25, -0.2) is 16.8 Å². The minimum atomic E-state index is -3.71. The molecule has 0 radical (unpaired) electrons. The van der Waals surface area contributed by atoms with Crippen LogP contribution in [0.2, 0.25) is 0 Å². The van der Waals surface area contributed by atoms with Gasteiger partial charge in [0.15, 0.2) is 0 Å². The minimum absolute atomic E-state index is 0.135. The lowest BCUT2D eigenvalue weighted by molar-refractivity contribution is 0.272. The zero-order valence-electron chi connectivity index (χ0n) is 19.1. The van der Waals surface area contributed by atoms with Gasteiger partial charge in [0.25, 0.3) is 0 Å². The fourth-order valence-corrected chi connectivity index (χ4v) is 7.44. The molecule has 1 aliphatic heterocycles. The number of hydrogen-bond donors (Lipinski definition) is 0. The summed E-state index contributed by atoms with van der Waals surface area (Å²) in [5, 5.41) is 0. The van der Waals surface area contributed by atoms with E-state index in [0.717, 1.165) is 27.8 Å². The molecule has 1 fully saturated rings. The van der Waals surface area contributed by atoms with E-state index in [1.165, 1.54) is 8.61 Å². The number of nitrogens with zero attached hydrogens (tertiary/aromatic N) is 2. The van der Waals surface area contributed by atoms with Crippen molar-refractivity contribution >= 4 is 20.0 Å². The predicted octanol–water partition coefficient (Wildman–Crippen LogP) is 3.74. The van der Waals surface area contributed by atoms with Crippen molar-refractivity contribution in [3.05, 3.63) is 58.1 Å². The molecular weight excluding hydrogens is 432 g/mol. The molecule has 1 heterocycles. The normalized spacial score (nSPS) is 16.7. The number of piperazine rings is 1. The molecule has 1 saturated heterocycles. The van der Waals surface area contributed by atoms with Crippen molar-refractivity contribution < 1.29 is 16.8 Å². The molecule has 0 unspecified atom stereocenters. The fraction of sp³-hybridized carbons (Fsp3) is 0.478. The number of aryl methyl sites for hydroxylation is 2. The standard InChI is InChI=1S/C23H32N2O4S2/c1-16(2)21-7-9-22(10-8-21)30(26,27)24-11-13-25(14-12-24)31(28,29)23-19(5)17(3)15-18(4)20(23)6/h7-10,15-16H,11-14H2,1-6H3. The highest BCUT2D eigenvalue weighted by Gasteiger charge is 2.35. The Morgan fingerprint density at radius 1 is 0.710 bits per heavy atom. The Morgan fingerprint density at radius 3 is 1.55 bits per heavy atom. The lowest BCUT2D eigenvalue weighted by Crippen LogP contribution is -2.50. The van der Waals surface area contributed by atoms with E-state index in [-0.39, 0.29) is 31.1 Å². The van der Waals surface area contributed by atoms with Gasteiger partial charge in [0.05, 0.1) is 9.79 Å². The summed E-state index contributed by atoms with van der Waals surface area (Å²) in [7, 11) is -7.36. The van der Waals surface area contributed by atoms with Crippen LogP contribution in [0.1, 0.15) is 47.6 Å². The van der Waals surface area contributed by atoms with Gasteiger partial charge < -0.3 is 0 Å². The topological polar surface area (TPSA) is 74.8 Å². The van der Waals surface area contributed by atoms with Crippen LogP contribution in [0.4, 0.5) is 0 Å². The molecule has 170 valence electrons. The van der Waals surface area contributed by atoms with Crippen LogP contribution in [-0.4, -0.2) is 51.6 Å². The van der Waals surface area contributed by atoms with Crippen molar-refractivity contribution in [2.24, 2.45) is 0 Å². The summed E-state index contributed by atoms with van der Waals surface area (Å²) in [4.78, 5) is 0.597. The molecule has 0 aromatic heterocycles. The quantitative estimate of drug-likeness (QED) is 0.676. The predicted molar refractivity (Wildman–Crippen MR) is 123 cm³/mol. The first-order valence-corrected chi connectivity index (χ1v) is 13.4. The van der Waals surface area contributed by atoms with Crippen LogP contribution in [0.3, 0.4) is 0 Å². The SMILES string of the molecule is Cc1cc(C)c(C)c(S(=O)(=O)N2CCN(S(=O)(=O)c3ccc(C(C)C)cc3)CC2)c1C. The second-order valence-corrected chi connectivity index (χ2v) is 12.4. The third kappa shape index (κ3) is 4.44. The van der Waals surface area contributed by atoms with Crippen molar-refractivity contribution in [1.82, 2.24) is 8.61 Å². The van der Waals surface area contributed by atoms with Crippen molar-refractivity contribution in [3.8, 4) is 0 Å². The summed E-state index contributed by atoms with van der Waals surface area (Å²) < 4.78 is 55.7. The van der Waals surface area contributed by atoms with Gasteiger partial charge in [-0.2, -0.15) is 8.61 Å². The van der Waals surface area contributed by atoms with Gasteiger partial charge in [-0.1, -0.05) is 32.0 Å². The van der Waals surface area contributed by atoms with Crippen LogP contribution in [0, 0.1) is 27.7 Å². The Labute approximate surface area is 187 Å². The molecule has 3 rings (SSSR count). The van der Waals surface area contributed by atoms with E-state index in [2.05, 4.69) is 13.8 Å². The monoisotopic (exact) mass is 464 g/mol. The summed E-state index contributed by atoms with van der Waals surface area (Å²) in [6, 6.07) is 8.94. The number of sulfonamides is 2. The highest BCUT2D eigenvalue weighted by Crippen LogP contribution is 2.30. The molecular formula is C23H32N2O4S2. The van der Waals surface area contributed by atoms with E-state index in [4.69, 9.17) is 0 Å². The molecule has 0 amide bonds. The van der Waals surface area contributed by atoms with Crippen molar-refractivity contribution in [3.63, 3.8) is 0 Å². The number of rotatable bonds is 5. The zero-order valence-corrected chi connectivity index (χ0v) is 20.8. The molecule has 0 bridgehead atoms. The van der Waals surface area contributed by atoms with Crippen molar-refractivity contribution in [2.45, 2.75) is 57.3 Å². The summed E-state index contributed by atoms with van der Waals surface area (Å²) in [6.07, 6.45) is 0. The van der Waals surface area contributed by atoms with Gasteiger partial charge in [-0.15, -0.1) is 0 Å². The molecule has 1 aliphatic rings. The van der Waals surface area contributed by atoms with Gasteiger partial charge in [0, 0.05) is 26.2 Å². The maximum atomic E-state index is 13.4. The maximum absolute atomic E-state index is 13.4. The first-order chi connectivity index (χ1) is 14.4. The molecule has 6 nitrogen and oxygen atoms in total. The largest absolute Gasteiger partial charge is 0.243 e. The molecule has 0 atom stereocenters. The first-order valence-electron chi connectivity index (χ1n) is 10.5. The number of benzene rings is 2. The van der Waals surface area contributed by atoms with Gasteiger partial charge in [-0.05, 0) is 73.6 Å². The minimum Gasteiger partial charge on any atom is -0.207 e. The van der Waals surface area contributed by atoms with Gasteiger partial charge >= 0.3 is 0 Å². The van der Waals surface area contributed by atoms with Crippen LogP contribution in [0.5, 0.6) is 0 Å². The highest BCUT2D eigenvalue weighted by molar-refractivity contribution is 7.89. The Balaban J connectivity index is 1.82. The number of hydrogen-bond acceptors (Lipinski definition) is 4. The zero-order chi connectivity index (χ0) is 23.1. The lowest BCUT2D eigenvalue weighted by atomic mass is 10.0. The molecule has 8 heteroatoms. The third-order valence-electron chi connectivity index (χ3n) is 6.28. The second kappa shape index (κ2) is 8.65. The van der Waals surface area contributed by atoms with E-state index < -0.39 is 20.0 Å². The maximum Gasteiger partial charge on any atom is 0.243 e. The third-order valence-corrected chi connectivity index (χ3v) is 10.4. The average molecular weight is 465 g/mol. The fourth-order valence-electron chi connectivity index (χ4n) is 4.02. The molecule has 0 aliphatic carbocycles. The van der Waals surface area contributed by atoms with Crippen LogP contribution < -0.4 is 0 Å². The summed E-state index contributed by atoms with van der Waals surface area (Å²) in [6.45, 7) is 12.1. The van der Waals surface area contributed by atoms with Crippen molar-refractivity contribution in [2.75, 3.05) is 26.2 Å². The van der Waals surface area contributed by atoms with Crippen molar-refractivity contribution in [1.29, 1.82) is 0 Å². The van der Waals surface area contributed by atoms with Crippen LogP contribution in [0.15, 0.2) is 40.1 Å². The molecule has 2 aromatic rings. The lowest BCUT2D eigenvalue weighted by Gasteiger charge is -2.34. The summed E-state index contributed by atoms with van der Waals surface area (Å²) in [5.74, 6) is 0.322. The van der Waals surface area contributed by atoms with E-state index in [1.807, 2.05) is 45.9 Å². The van der Waals surface area contributed by atoms with E-state index in [9.17, 15) is 16.8 Å². The highest BCUT2D eigenvalue weighted by atomic mass is 32.2. The van der Waals surface area contributed by atoms with Gasteiger partial charge in [0.2, 0.25) is 20.0 Å². The van der Waals surface area contributed by atoms with E-state index in [1.54, 1.807) is 12.1 Å². The summed E-state index contributed by atoms with van der Waals surface area (Å²) >= 11 is 0. The van der Waals surface area contributed by atoms with E-state index in [0.29, 0.717) is 10.8 Å². The Morgan fingerprint density at radius 2 is 1.13 bits per heavy atom. The van der Waals surface area contributed by atoms with Gasteiger partial charge in [0.1, 0.15) is 0 Å². The molecule has 0 spiro atoms. The average Bonchev–Trinajstić information content (AvgIpc) is 2.72. The van der Waals surface area contributed by atoms with E-state index >= 15 is 0 Å². The van der Waals surface area contributed by atoms with Gasteiger partial charge in [-0.3, -0.25) is 0 Å². The molecule has 0 saturated carbocycles. The smallest absolute Gasteiger partial charge is 0.207 e. The summed E-state index contributed by atoms with van der Waals surface area (Å²) in [5.41, 5.74) is 4.46. The Hall–Kier alpha value is -1.74. The Kier molecular flexibility index (Phi) is 6.68. The van der Waals surface area contributed by atoms with Crippen LogP contribution in [0.25, 0.3) is 0 Å². The van der Waals surface area contributed by atoms with Crippen LogP contribution in [-0.2, 0) is 20.0 Å². The first kappa shape index (κ1) is 23.9. The second-order valence-electron chi connectivity index (χ2n) is 8.62. The molecule has 0 N–H and O–H groups in total. The van der Waals surface area contributed by atoms with Crippen LogP contribution >= 0.6 is 0 Å².